The molecule has 0 saturated carbocycles. The van der Waals surface area contributed by atoms with E-state index in [1.165, 1.54) is 11.1 Å². The molecule has 4 nitrogen and oxygen atoms in total. The smallest absolute Gasteiger partial charge is 0.317 e. The van der Waals surface area contributed by atoms with Crippen LogP contribution < -0.4 is 5.32 Å². The number of nitrogens with zero attached hydrogens (tertiary/aromatic N) is 1. The number of aliphatic carboxylic acids is 1. The Hall–Kier alpha value is -3.42. The first-order valence-corrected chi connectivity index (χ1v) is 8.67. The zero-order chi connectivity index (χ0) is 19.1. The fourth-order valence-corrected chi connectivity index (χ4v) is 2.81. The average molecular weight is 356 g/mol. The molecule has 2 aromatic carbocycles. The molecule has 0 spiro atoms. The van der Waals surface area contributed by atoms with Crippen molar-refractivity contribution in [2.75, 3.05) is 6.54 Å². The van der Waals surface area contributed by atoms with Crippen molar-refractivity contribution < 1.29 is 9.90 Å². The first kappa shape index (κ1) is 18.4. The van der Waals surface area contributed by atoms with Crippen LogP contribution in [-0.4, -0.2) is 22.6 Å². The third-order valence-electron chi connectivity index (χ3n) is 4.16. The summed E-state index contributed by atoms with van der Waals surface area (Å²) in [5.41, 5.74) is 6.17. The Balaban J connectivity index is 1.81. The quantitative estimate of drug-likeness (QED) is 0.685. The lowest BCUT2D eigenvalue weighted by atomic mass is 9.96. The lowest BCUT2D eigenvalue weighted by Crippen LogP contribution is -2.21. The molecule has 1 aromatic heterocycles. The summed E-state index contributed by atoms with van der Waals surface area (Å²) in [4.78, 5) is 14.8. The van der Waals surface area contributed by atoms with Crippen LogP contribution in [0, 0.1) is 18.8 Å². The Morgan fingerprint density at radius 3 is 2.67 bits per heavy atom. The number of benzene rings is 2. The summed E-state index contributed by atoms with van der Waals surface area (Å²) in [6.07, 6.45) is 3.42. The maximum Gasteiger partial charge on any atom is 0.317 e. The van der Waals surface area contributed by atoms with Gasteiger partial charge >= 0.3 is 5.97 Å². The monoisotopic (exact) mass is 356 g/mol. The van der Waals surface area contributed by atoms with Crippen LogP contribution in [0.3, 0.4) is 0 Å². The molecule has 0 saturated heterocycles. The van der Waals surface area contributed by atoms with E-state index in [1.807, 2.05) is 36.4 Å². The largest absolute Gasteiger partial charge is 0.480 e. The second kappa shape index (κ2) is 8.79. The van der Waals surface area contributed by atoms with E-state index >= 15 is 0 Å². The number of rotatable bonds is 5. The molecule has 0 atom stereocenters. The van der Waals surface area contributed by atoms with Crippen LogP contribution >= 0.6 is 0 Å². The minimum absolute atomic E-state index is 0.0820. The van der Waals surface area contributed by atoms with Crippen molar-refractivity contribution in [3.63, 3.8) is 0 Å². The van der Waals surface area contributed by atoms with Crippen molar-refractivity contribution in [1.29, 1.82) is 0 Å². The molecule has 2 N–H and O–H groups in total. The Kier molecular flexibility index (Phi) is 5.98. The van der Waals surface area contributed by atoms with Gasteiger partial charge in [0.1, 0.15) is 0 Å². The molecular weight excluding hydrogens is 336 g/mol. The van der Waals surface area contributed by atoms with Crippen LogP contribution in [0.25, 0.3) is 11.1 Å². The fraction of sp³-hybridized carbons (Fsp3) is 0.130. The van der Waals surface area contributed by atoms with E-state index in [-0.39, 0.29) is 6.54 Å². The van der Waals surface area contributed by atoms with Gasteiger partial charge in [0.2, 0.25) is 0 Å². The topological polar surface area (TPSA) is 62.2 Å². The van der Waals surface area contributed by atoms with Gasteiger partial charge in [-0.15, -0.1) is 0 Å². The van der Waals surface area contributed by atoms with Crippen molar-refractivity contribution >= 4 is 5.97 Å². The summed E-state index contributed by atoms with van der Waals surface area (Å²) in [5.74, 6) is 5.52. The van der Waals surface area contributed by atoms with E-state index in [2.05, 4.69) is 47.3 Å². The van der Waals surface area contributed by atoms with E-state index in [0.717, 1.165) is 22.3 Å². The summed E-state index contributed by atoms with van der Waals surface area (Å²) >= 11 is 0. The minimum Gasteiger partial charge on any atom is -0.480 e. The van der Waals surface area contributed by atoms with Crippen LogP contribution in [0.4, 0.5) is 0 Å². The Bertz CT molecular complexity index is 1000. The van der Waals surface area contributed by atoms with E-state index in [9.17, 15) is 4.79 Å². The number of carboxylic acids is 1. The van der Waals surface area contributed by atoms with E-state index in [4.69, 9.17) is 5.11 Å². The van der Waals surface area contributed by atoms with Gasteiger partial charge in [0.15, 0.2) is 0 Å². The average Bonchev–Trinajstić information content (AvgIpc) is 2.68. The zero-order valence-corrected chi connectivity index (χ0v) is 15.1. The summed E-state index contributed by atoms with van der Waals surface area (Å²) < 4.78 is 0. The van der Waals surface area contributed by atoms with Gasteiger partial charge in [-0.1, -0.05) is 54.3 Å². The maximum atomic E-state index is 10.6. The molecule has 27 heavy (non-hydrogen) atoms. The second-order valence-corrected chi connectivity index (χ2v) is 6.17. The molecule has 0 unspecified atom stereocenters. The molecular formula is C23H20N2O2. The Morgan fingerprint density at radius 1 is 1.07 bits per heavy atom. The van der Waals surface area contributed by atoms with Crippen molar-refractivity contribution in [3.8, 4) is 23.0 Å². The van der Waals surface area contributed by atoms with Crippen molar-refractivity contribution in [2.24, 2.45) is 0 Å². The van der Waals surface area contributed by atoms with Crippen molar-refractivity contribution in [3.05, 3.63) is 89.2 Å². The van der Waals surface area contributed by atoms with Crippen LogP contribution in [0.1, 0.15) is 22.3 Å². The Morgan fingerprint density at radius 2 is 1.89 bits per heavy atom. The molecule has 3 aromatic rings. The van der Waals surface area contributed by atoms with Gasteiger partial charge in [-0.05, 0) is 41.3 Å². The Labute approximate surface area is 158 Å². The molecule has 0 aliphatic carbocycles. The van der Waals surface area contributed by atoms with Gasteiger partial charge in [-0.25, -0.2) is 0 Å². The van der Waals surface area contributed by atoms with E-state index in [0.29, 0.717) is 6.54 Å². The molecule has 0 amide bonds. The van der Waals surface area contributed by atoms with Gasteiger partial charge < -0.3 is 10.4 Å². The predicted molar refractivity (Wildman–Crippen MR) is 106 cm³/mol. The lowest BCUT2D eigenvalue weighted by molar-refractivity contribution is -0.135. The van der Waals surface area contributed by atoms with E-state index < -0.39 is 5.97 Å². The summed E-state index contributed by atoms with van der Waals surface area (Å²) in [6, 6.07) is 18.3. The lowest BCUT2D eigenvalue weighted by Gasteiger charge is -2.07. The number of hydrogen-bond donors (Lipinski definition) is 2. The van der Waals surface area contributed by atoms with Gasteiger partial charge in [-0.2, -0.15) is 0 Å². The molecule has 0 fully saturated rings. The molecule has 0 bridgehead atoms. The highest BCUT2D eigenvalue weighted by Crippen LogP contribution is 2.25. The van der Waals surface area contributed by atoms with Crippen molar-refractivity contribution in [2.45, 2.75) is 13.5 Å². The molecule has 3 rings (SSSR count). The third-order valence-corrected chi connectivity index (χ3v) is 4.16. The number of pyridine rings is 1. The van der Waals surface area contributed by atoms with Gasteiger partial charge in [0.25, 0.3) is 0 Å². The molecule has 1 heterocycles. The number of nitrogens with one attached hydrogen (secondary N) is 1. The summed E-state index contributed by atoms with van der Waals surface area (Å²) in [5, 5.41) is 11.5. The van der Waals surface area contributed by atoms with Crippen LogP contribution in [-0.2, 0) is 11.3 Å². The predicted octanol–water partition coefficient (Wildman–Crippen LogP) is 3.63. The standard InChI is InChI=1S/C23H20N2O2/c1-17-20(8-5-9-22(17)21-6-3-2-4-7-21)11-10-18-12-19(14-24-13-18)15-25-16-23(26)27/h2-9,12-14,25H,15-16H2,1H3,(H,26,27). The minimum atomic E-state index is -0.882. The SMILES string of the molecule is Cc1c(C#Cc2cncc(CNCC(=O)O)c2)cccc1-c1ccccc1. The fourth-order valence-electron chi connectivity index (χ4n) is 2.81. The normalized spacial score (nSPS) is 10.1. The number of aromatic nitrogens is 1. The maximum absolute atomic E-state index is 10.6. The molecule has 4 heteroatoms. The zero-order valence-electron chi connectivity index (χ0n) is 15.1. The van der Waals surface area contributed by atoms with Crippen LogP contribution in [0.5, 0.6) is 0 Å². The highest BCUT2D eigenvalue weighted by atomic mass is 16.4. The second-order valence-electron chi connectivity index (χ2n) is 6.17. The van der Waals surface area contributed by atoms with Crippen LogP contribution in [0.15, 0.2) is 67.0 Å². The summed E-state index contributed by atoms with van der Waals surface area (Å²) in [6.45, 7) is 2.44. The number of hydrogen-bond acceptors (Lipinski definition) is 3. The first-order valence-electron chi connectivity index (χ1n) is 8.67. The summed E-state index contributed by atoms with van der Waals surface area (Å²) in [7, 11) is 0. The van der Waals surface area contributed by atoms with Gasteiger partial charge in [-0.3, -0.25) is 9.78 Å². The molecule has 134 valence electrons. The first-order chi connectivity index (χ1) is 13.1. The van der Waals surface area contributed by atoms with Gasteiger partial charge in [0, 0.05) is 30.1 Å². The molecule has 0 radical (unpaired) electrons. The number of carboxylic acid groups (broad SMARTS) is 1. The third kappa shape index (κ3) is 5.04. The van der Waals surface area contributed by atoms with Crippen molar-refractivity contribution in [1.82, 2.24) is 10.3 Å². The van der Waals surface area contributed by atoms with E-state index in [1.54, 1.807) is 12.4 Å². The van der Waals surface area contributed by atoms with Gasteiger partial charge in [0.05, 0.1) is 6.54 Å². The van der Waals surface area contributed by atoms with Crippen LogP contribution in [0.2, 0.25) is 0 Å². The number of carbonyl (C=O) groups is 1. The highest BCUT2D eigenvalue weighted by molar-refractivity contribution is 5.70. The highest BCUT2D eigenvalue weighted by Gasteiger charge is 2.04. The molecule has 0 aliphatic rings. The molecule has 0 aliphatic heterocycles.